The molecule has 98 valence electrons. The maximum Gasteiger partial charge on any atom is 0.110 e. The predicted octanol–water partition coefficient (Wildman–Crippen LogP) is 0.213. The molecule has 2 unspecified atom stereocenters. The van der Waals surface area contributed by atoms with Crippen molar-refractivity contribution >= 4 is 0 Å². The minimum Gasteiger partial charge on any atom is -0.391 e. The molecule has 16 heavy (non-hydrogen) atoms. The summed E-state index contributed by atoms with van der Waals surface area (Å²) in [6, 6.07) is 0.0772. The van der Waals surface area contributed by atoms with Crippen molar-refractivity contribution in [2.75, 3.05) is 32.9 Å². The Morgan fingerprint density at radius 1 is 0.875 bits per heavy atom. The fraction of sp³-hybridized carbons (Fsp3) is 1.00. The highest BCUT2D eigenvalue weighted by atomic mass is 16.3. The molecule has 0 saturated heterocycles. The van der Waals surface area contributed by atoms with E-state index in [1.807, 2.05) is 13.8 Å². The van der Waals surface area contributed by atoms with Crippen LogP contribution in [0.5, 0.6) is 0 Å². The lowest BCUT2D eigenvalue weighted by atomic mass is 10.0. The van der Waals surface area contributed by atoms with Gasteiger partial charge in [0.25, 0.3) is 0 Å². The Bertz CT molecular complexity index is 175. The molecule has 0 aromatic rings. The summed E-state index contributed by atoms with van der Waals surface area (Å²) in [7, 11) is 0. The van der Waals surface area contributed by atoms with E-state index in [4.69, 9.17) is 0 Å². The predicted molar refractivity (Wildman–Crippen MR) is 65.0 cm³/mol. The number of nitrogens with zero attached hydrogens (tertiary/aromatic N) is 1. The second kappa shape index (κ2) is 7.22. The largest absolute Gasteiger partial charge is 0.391 e. The average molecular weight is 234 g/mol. The lowest BCUT2D eigenvalue weighted by Gasteiger charge is -2.47. The molecule has 3 N–H and O–H groups in total. The van der Waals surface area contributed by atoms with E-state index < -0.39 is 0 Å². The summed E-state index contributed by atoms with van der Waals surface area (Å²) in [6.45, 7) is 9.90. The molecule has 0 heterocycles. The van der Waals surface area contributed by atoms with Gasteiger partial charge in [0.1, 0.15) is 18.6 Å². The van der Waals surface area contributed by atoms with E-state index in [0.29, 0.717) is 16.9 Å². The Hall–Kier alpha value is -0.160. The molecule has 0 aliphatic heterocycles. The van der Waals surface area contributed by atoms with Crippen LogP contribution in [-0.2, 0) is 0 Å². The maximum atomic E-state index is 9.38. The molecule has 0 aliphatic carbocycles. The zero-order valence-corrected chi connectivity index (χ0v) is 11.1. The van der Waals surface area contributed by atoms with Crippen LogP contribution in [-0.4, -0.2) is 64.8 Å². The highest BCUT2D eigenvalue weighted by molar-refractivity contribution is 4.62. The number of aliphatic hydroxyl groups is 3. The SMILES string of the molecule is CC(C)C[N+](CCO)(C(C)CO)C(C)CO. The smallest absolute Gasteiger partial charge is 0.110 e. The quantitative estimate of drug-likeness (QED) is 0.526. The third-order valence-electron chi connectivity index (χ3n) is 3.51. The Balaban J connectivity index is 5.03. The van der Waals surface area contributed by atoms with Crippen molar-refractivity contribution in [1.29, 1.82) is 0 Å². The summed E-state index contributed by atoms with van der Waals surface area (Å²) < 4.78 is 0.584. The van der Waals surface area contributed by atoms with Gasteiger partial charge in [0.05, 0.1) is 26.4 Å². The molecule has 0 rings (SSSR count). The standard InChI is InChI=1S/C12H28NO3/c1-10(2)7-13(5-6-14,11(3)8-15)12(4)9-16/h10-12,14-16H,5-9H2,1-4H3/q+1. The second-order valence-corrected chi connectivity index (χ2v) is 5.19. The molecule has 2 atom stereocenters. The van der Waals surface area contributed by atoms with Crippen LogP contribution < -0.4 is 0 Å². The van der Waals surface area contributed by atoms with Gasteiger partial charge in [-0.05, 0) is 13.8 Å². The third-order valence-corrected chi connectivity index (χ3v) is 3.51. The normalized spacial score (nSPS) is 19.5. The van der Waals surface area contributed by atoms with Crippen molar-refractivity contribution < 1.29 is 19.8 Å². The summed E-state index contributed by atoms with van der Waals surface area (Å²) in [5.41, 5.74) is 0. The Morgan fingerprint density at radius 3 is 1.56 bits per heavy atom. The molecule has 0 aromatic carbocycles. The van der Waals surface area contributed by atoms with E-state index in [2.05, 4.69) is 13.8 Å². The van der Waals surface area contributed by atoms with E-state index in [-0.39, 0.29) is 31.9 Å². The molecule has 4 heteroatoms. The molecule has 0 aromatic heterocycles. The van der Waals surface area contributed by atoms with E-state index >= 15 is 0 Å². The number of aliphatic hydroxyl groups excluding tert-OH is 3. The van der Waals surface area contributed by atoms with Crippen LogP contribution in [0.25, 0.3) is 0 Å². The van der Waals surface area contributed by atoms with Crippen molar-refractivity contribution in [3.8, 4) is 0 Å². The lowest BCUT2D eigenvalue weighted by Crippen LogP contribution is -2.64. The molecule has 0 radical (unpaired) electrons. The highest BCUT2D eigenvalue weighted by Crippen LogP contribution is 2.22. The fourth-order valence-corrected chi connectivity index (χ4v) is 2.52. The first-order valence-corrected chi connectivity index (χ1v) is 6.13. The van der Waals surface area contributed by atoms with Crippen molar-refractivity contribution in [3.63, 3.8) is 0 Å². The molecule has 0 saturated carbocycles. The van der Waals surface area contributed by atoms with Crippen LogP contribution in [0.2, 0.25) is 0 Å². The Labute approximate surface area is 99.1 Å². The molecule has 0 spiro atoms. The summed E-state index contributed by atoms with van der Waals surface area (Å²) in [5, 5.41) is 28.0. The molecule has 0 fully saturated rings. The molecular formula is C12H28NO3+. The van der Waals surface area contributed by atoms with Crippen LogP contribution >= 0.6 is 0 Å². The fourth-order valence-electron chi connectivity index (χ4n) is 2.52. The van der Waals surface area contributed by atoms with Gasteiger partial charge in [-0.1, -0.05) is 13.8 Å². The van der Waals surface area contributed by atoms with E-state index in [1.54, 1.807) is 0 Å². The first kappa shape index (κ1) is 15.8. The molecule has 0 amide bonds. The minimum atomic E-state index is 0.0386. The zero-order chi connectivity index (χ0) is 12.8. The van der Waals surface area contributed by atoms with Gasteiger partial charge < -0.3 is 19.8 Å². The van der Waals surface area contributed by atoms with Crippen molar-refractivity contribution in [2.45, 2.75) is 39.8 Å². The zero-order valence-electron chi connectivity index (χ0n) is 11.1. The Kier molecular flexibility index (Phi) is 7.15. The van der Waals surface area contributed by atoms with Crippen molar-refractivity contribution in [3.05, 3.63) is 0 Å². The average Bonchev–Trinajstić information content (AvgIpc) is 2.25. The van der Waals surface area contributed by atoms with Gasteiger partial charge >= 0.3 is 0 Å². The Morgan fingerprint density at radius 2 is 1.31 bits per heavy atom. The molecular weight excluding hydrogens is 206 g/mol. The highest BCUT2D eigenvalue weighted by Gasteiger charge is 2.38. The number of rotatable bonds is 8. The van der Waals surface area contributed by atoms with Gasteiger partial charge in [0.2, 0.25) is 0 Å². The molecule has 4 nitrogen and oxygen atoms in total. The summed E-state index contributed by atoms with van der Waals surface area (Å²) in [6.07, 6.45) is 0. The van der Waals surface area contributed by atoms with Gasteiger partial charge in [-0.2, -0.15) is 0 Å². The van der Waals surface area contributed by atoms with Crippen molar-refractivity contribution in [2.24, 2.45) is 5.92 Å². The number of hydrogen-bond donors (Lipinski definition) is 3. The van der Waals surface area contributed by atoms with Gasteiger partial charge in [0.15, 0.2) is 0 Å². The molecule has 0 aliphatic rings. The van der Waals surface area contributed by atoms with Crippen LogP contribution in [0.15, 0.2) is 0 Å². The monoisotopic (exact) mass is 234 g/mol. The van der Waals surface area contributed by atoms with Gasteiger partial charge in [0, 0.05) is 5.92 Å². The van der Waals surface area contributed by atoms with Crippen LogP contribution in [0.4, 0.5) is 0 Å². The summed E-state index contributed by atoms with van der Waals surface area (Å²) >= 11 is 0. The minimum absolute atomic E-state index is 0.0386. The van der Waals surface area contributed by atoms with E-state index in [0.717, 1.165) is 6.54 Å². The van der Waals surface area contributed by atoms with Crippen LogP contribution in [0.3, 0.4) is 0 Å². The van der Waals surface area contributed by atoms with Gasteiger partial charge in [-0.3, -0.25) is 0 Å². The summed E-state index contributed by atoms with van der Waals surface area (Å²) in [4.78, 5) is 0. The van der Waals surface area contributed by atoms with Gasteiger partial charge in [-0.15, -0.1) is 0 Å². The maximum absolute atomic E-state index is 9.38. The van der Waals surface area contributed by atoms with Crippen LogP contribution in [0.1, 0.15) is 27.7 Å². The lowest BCUT2D eigenvalue weighted by molar-refractivity contribution is -0.973. The second-order valence-electron chi connectivity index (χ2n) is 5.19. The van der Waals surface area contributed by atoms with Crippen LogP contribution in [0, 0.1) is 5.92 Å². The molecule has 0 bridgehead atoms. The third kappa shape index (κ3) is 3.70. The number of quaternary nitrogens is 1. The number of hydrogen-bond acceptors (Lipinski definition) is 3. The first-order valence-electron chi connectivity index (χ1n) is 6.13. The van der Waals surface area contributed by atoms with E-state index in [9.17, 15) is 15.3 Å². The van der Waals surface area contributed by atoms with Crippen molar-refractivity contribution in [1.82, 2.24) is 0 Å². The van der Waals surface area contributed by atoms with Gasteiger partial charge in [-0.25, -0.2) is 0 Å². The topological polar surface area (TPSA) is 60.7 Å². The summed E-state index contributed by atoms with van der Waals surface area (Å²) in [5.74, 6) is 0.467. The van der Waals surface area contributed by atoms with E-state index in [1.165, 1.54) is 0 Å². The first-order chi connectivity index (χ1) is 7.44.